The second-order valence-corrected chi connectivity index (χ2v) is 5.46. The molecule has 0 heterocycles. The average molecular weight is 352 g/mol. The van der Waals surface area contributed by atoms with Gasteiger partial charge in [0.05, 0.1) is 6.54 Å². The molecular weight excluding hydrogens is 333 g/mol. The van der Waals surface area contributed by atoms with Crippen molar-refractivity contribution in [3.8, 4) is 5.75 Å². The van der Waals surface area contributed by atoms with E-state index in [0.29, 0.717) is 12.2 Å². The van der Waals surface area contributed by atoms with E-state index in [0.717, 1.165) is 11.3 Å². The minimum absolute atomic E-state index is 0.166. The maximum Gasteiger partial charge on any atom is 0.573 e. The van der Waals surface area contributed by atoms with E-state index in [9.17, 15) is 13.2 Å². The molecular formula is C17H19F3N4O. The molecule has 134 valence electrons. The highest BCUT2D eigenvalue weighted by Gasteiger charge is 2.30. The van der Waals surface area contributed by atoms with Crippen LogP contribution in [0.5, 0.6) is 5.75 Å². The molecule has 5 nitrogen and oxygen atoms in total. The number of alkyl halides is 3. The number of aliphatic imine (C=N–C) groups is 1. The van der Waals surface area contributed by atoms with Crippen molar-refractivity contribution < 1.29 is 17.9 Å². The van der Waals surface area contributed by atoms with Crippen molar-refractivity contribution in [2.75, 3.05) is 24.3 Å². The monoisotopic (exact) mass is 352 g/mol. The predicted molar refractivity (Wildman–Crippen MR) is 92.8 cm³/mol. The van der Waals surface area contributed by atoms with Crippen molar-refractivity contribution in [2.24, 2.45) is 10.7 Å². The van der Waals surface area contributed by atoms with E-state index in [-0.39, 0.29) is 11.7 Å². The molecule has 0 aliphatic heterocycles. The Hall–Kier alpha value is -2.90. The van der Waals surface area contributed by atoms with E-state index >= 15 is 0 Å². The number of nitrogens with zero attached hydrogens (tertiary/aromatic N) is 2. The van der Waals surface area contributed by atoms with Gasteiger partial charge < -0.3 is 20.7 Å². The molecule has 0 bridgehead atoms. The lowest BCUT2D eigenvalue weighted by molar-refractivity contribution is -0.274. The molecule has 0 aliphatic rings. The lowest BCUT2D eigenvalue weighted by Gasteiger charge is -2.13. The van der Waals surface area contributed by atoms with Crippen LogP contribution in [0.3, 0.4) is 0 Å². The van der Waals surface area contributed by atoms with E-state index in [1.165, 1.54) is 24.3 Å². The standard InChI is InChI=1S/C17H19F3N4O/c1-24(2)14-5-3-4-12(10-14)11-22-16(21)23-13-6-8-15(9-7-13)25-17(18,19)20/h3-10H,11H2,1-2H3,(H3,21,22,23). The van der Waals surface area contributed by atoms with E-state index in [4.69, 9.17) is 5.73 Å². The zero-order valence-corrected chi connectivity index (χ0v) is 13.8. The fourth-order valence-corrected chi connectivity index (χ4v) is 2.04. The second-order valence-electron chi connectivity index (χ2n) is 5.46. The first-order chi connectivity index (χ1) is 11.7. The normalized spacial score (nSPS) is 12.0. The number of rotatable bonds is 5. The van der Waals surface area contributed by atoms with E-state index in [1.807, 2.05) is 43.3 Å². The Morgan fingerprint density at radius 1 is 1.16 bits per heavy atom. The number of anilines is 2. The molecule has 0 spiro atoms. The largest absolute Gasteiger partial charge is 0.573 e. The highest BCUT2D eigenvalue weighted by Crippen LogP contribution is 2.23. The average Bonchev–Trinajstić information content (AvgIpc) is 2.54. The number of nitrogens with one attached hydrogen (secondary N) is 1. The molecule has 2 aromatic carbocycles. The van der Waals surface area contributed by atoms with Gasteiger partial charge in [-0.15, -0.1) is 13.2 Å². The number of guanidine groups is 1. The Morgan fingerprint density at radius 3 is 2.44 bits per heavy atom. The van der Waals surface area contributed by atoms with Crippen LogP contribution in [-0.2, 0) is 6.54 Å². The second kappa shape index (κ2) is 7.78. The summed E-state index contributed by atoms with van der Waals surface area (Å²) < 4.78 is 40.1. The highest BCUT2D eigenvalue weighted by atomic mass is 19.4. The third-order valence-electron chi connectivity index (χ3n) is 3.22. The van der Waals surface area contributed by atoms with Gasteiger partial charge in [0.25, 0.3) is 0 Å². The number of benzene rings is 2. The van der Waals surface area contributed by atoms with E-state index in [1.54, 1.807) is 0 Å². The summed E-state index contributed by atoms with van der Waals surface area (Å²) in [7, 11) is 3.90. The van der Waals surface area contributed by atoms with Gasteiger partial charge in [0.2, 0.25) is 0 Å². The molecule has 25 heavy (non-hydrogen) atoms. The van der Waals surface area contributed by atoms with Crippen LogP contribution in [0.1, 0.15) is 5.56 Å². The lowest BCUT2D eigenvalue weighted by Crippen LogP contribution is -2.22. The number of hydrogen-bond donors (Lipinski definition) is 2. The number of hydrogen-bond acceptors (Lipinski definition) is 3. The van der Waals surface area contributed by atoms with Crippen LogP contribution >= 0.6 is 0 Å². The van der Waals surface area contributed by atoms with Gasteiger partial charge in [0.15, 0.2) is 5.96 Å². The maximum atomic E-state index is 12.1. The summed E-state index contributed by atoms with van der Waals surface area (Å²) in [6.45, 7) is 0.385. The smallest absolute Gasteiger partial charge is 0.406 e. The Morgan fingerprint density at radius 2 is 1.84 bits per heavy atom. The van der Waals surface area contributed by atoms with Crippen molar-refractivity contribution in [3.63, 3.8) is 0 Å². The molecule has 0 saturated heterocycles. The van der Waals surface area contributed by atoms with Crippen LogP contribution in [0.25, 0.3) is 0 Å². The summed E-state index contributed by atoms with van der Waals surface area (Å²) in [5.74, 6) is -0.131. The van der Waals surface area contributed by atoms with Gasteiger partial charge in [-0.2, -0.15) is 0 Å². The van der Waals surface area contributed by atoms with Crippen LogP contribution in [0.4, 0.5) is 24.5 Å². The van der Waals surface area contributed by atoms with E-state index < -0.39 is 6.36 Å². The van der Waals surface area contributed by atoms with Gasteiger partial charge in [0.1, 0.15) is 5.75 Å². The van der Waals surface area contributed by atoms with Gasteiger partial charge in [-0.25, -0.2) is 4.99 Å². The summed E-state index contributed by atoms with van der Waals surface area (Å²) >= 11 is 0. The Kier molecular flexibility index (Phi) is 5.74. The minimum atomic E-state index is -4.71. The number of nitrogens with two attached hydrogens (primary N) is 1. The highest BCUT2D eigenvalue weighted by molar-refractivity contribution is 5.92. The first kappa shape index (κ1) is 18.4. The zero-order chi connectivity index (χ0) is 18.4. The first-order valence-corrected chi connectivity index (χ1v) is 7.42. The van der Waals surface area contributed by atoms with Crippen LogP contribution in [0.2, 0.25) is 0 Å². The topological polar surface area (TPSA) is 62.9 Å². The summed E-state index contributed by atoms with van der Waals surface area (Å²) in [4.78, 5) is 6.21. The fraction of sp³-hybridized carbons (Fsp3) is 0.235. The molecule has 0 aromatic heterocycles. The molecule has 0 atom stereocenters. The van der Waals surface area contributed by atoms with Crippen molar-refractivity contribution in [2.45, 2.75) is 12.9 Å². The molecule has 2 aromatic rings. The Bertz CT molecular complexity index is 727. The van der Waals surface area contributed by atoms with Gasteiger partial charge in [-0.1, -0.05) is 12.1 Å². The Labute approximate surface area is 143 Å². The third kappa shape index (κ3) is 6.25. The molecule has 0 amide bonds. The molecule has 3 N–H and O–H groups in total. The molecule has 0 unspecified atom stereocenters. The van der Waals surface area contributed by atoms with Crippen molar-refractivity contribution in [3.05, 3.63) is 54.1 Å². The van der Waals surface area contributed by atoms with Crippen LogP contribution < -0.4 is 20.7 Å². The van der Waals surface area contributed by atoms with Crippen molar-refractivity contribution >= 4 is 17.3 Å². The summed E-state index contributed by atoms with van der Waals surface area (Å²) in [5, 5.41) is 2.82. The van der Waals surface area contributed by atoms with Gasteiger partial charge in [0, 0.05) is 25.5 Å². The summed E-state index contributed by atoms with van der Waals surface area (Å²) in [5.41, 5.74) is 8.37. The van der Waals surface area contributed by atoms with Gasteiger partial charge in [-0.05, 0) is 42.0 Å². The van der Waals surface area contributed by atoms with Crippen molar-refractivity contribution in [1.82, 2.24) is 0 Å². The van der Waals surface area contributed by atoms with Crippen molar-refractivity contribution in [1.29, 1.82) is 0 Å². The van der Waals surface area contributed by atoms with Crippen LogP contribution in [-0.4, -0.2) is 26.4 Å². The predicted octanol–water partition coefficient (Wildman–Crippen LogP) is 3.58. The molecule has 0 saturated carbocycles. The van der Waals surface area contributed by atoms with Crippen LogP contribution in [0, 0.1) is 0 Å². The number of halogens is 3. The maximum absolute atomic E-state index is 12.1. The zero-order valence-electron chi connectivity index (χ0n) is 13.8. The Balaban J connectivity index is 1.96. The third-order valence-corrected chi connectivity index (χ3v) is 3.22. The summed E-state index contributed by atoms with van der Waals surface area (Å²) in [6, 6.07) is 13.1. The van der Waals surface area contributed by atoms with Crippen LogP contribution in [0.15, 0.2) is 53.5 Å². The quantitative estimate of drug-likeness (QED) is 0.638. The first-order valence-electron chi connectivity index (χ1n) is 7.42. The fourth-order valence-electron chi connectivity index (χ4n) is 2.04. The van der Waals surface area contributed by atoms with Gasteiger partial charge in [-0.3, -0.25) is 0 Å². The molecule has 2 rings (SSSR count). The van der Waals surface area contributed by atoms with E-state index in [2.05, 4.69) is 15.0 Å². The summed E-state index contributed by atoms with van der Waals surface area (Å²) in [6.07, 6.45) is -4.71. The molecule has 0 fully saturated rings. The number of ether oxygens (including phenoxy) is 1. The molecule has 8 heteroatoms. The SMILES string of the molecule is CN(C)c1cccc(CN=C(N)Nc2ccc(OC(F)(F)F)cc2)c1. The minimum Gasteiger partial charge on any atom is -0.406 e. The van der Waals surface area contributed by atoms with Gasteiger partial charge >= 0.3 is 6.36 Å². The molecule has 0 aliphatic carbocycles. The lowest BCUT2D eigenvalue weighted by atomic mass is 10.2. The molecule has 0 radical (unpaired) electrons.